The minimum absolute atomic E-state index is 0.0733. The molecule has 2 aromatic heterocycles. The molecule has 3 heterocycles. The standard InChI is InChI=1S/C16H18N6O/c1-16(2)6-10-12(11(23)7-16)13(9-4-3-5-18-8-9)22-15(19-10)20-14(17)21-22/h3-5,8,13H,6-7H2,1-2H3,(H3,17,19,20,21)/t13-/m0/s1. The number of nitrogens with one attached hydrogen (secondary N) is 1. The molecule has 2 aromatic rings. The first-order valence-corrected chi connectivity index (χ1v) is 7.60. The van der Waals surface area contributed by atoms with E-state index in [0.29, 0.717) is 12.4 Å². The van der Waals surface area contributed by atoms with Gasteiger partial charge in [-0.05, 0) is 23.5 Å². The summed E-state index contributed by atoms with van der Waals surface area (Å²) in [4.78, 5) is 21.3. The summed E-state index contributed by atoms with van der Waals surface area (Å²) >= 11 is 0. The zero-order chi connectivity index (χ0) is 16.2. The molecule has 0 aromatic carbocycles. The Labute approximate surface area is 133 Å². The summed E-state index contributed by atoms with van der Waals surface area (Å²) in [5.41, 5.74) is 8.27. The normalized spacial score (nSPS) is 22.3. The monoisotopic (exact) mass is 310 g/mol. The van der Waals surface area contributed by atoms with Crippen LogP contribution in [0.15, 0.2) is 35.8 Å². The van der Waals surface area contributed by atoms with Gasteiger partial charge in [-0.3, -0.25) is 9.78 Å². The number of nitrogens with two attached hydrogens (primary N) is 1. The largest absolute Gasteiger partial charge is 0.366 e. The van der Waals surface area contributed by atoms with E-state index in [4.69, 9.17) is 5.73 Å². The molecule has 0 spiro atoms. The molecule has 1 atom stereocenters. The van der Waals surface area contributed by atoms with Crippen LogP contribution in [0.1, 0.15) is 38.3 Å². The molecule has 3 N–H and O–H groups in total. The van der Waals surface area contributed by atoms with Gasteiger partial charge in [0.1, 0.15) is 6.04 Å². The quantitative estimate of drug-likeness (QED) is 0.835. The number of ketones is 1. The Hall–Kier alpha value is -2.70. The second kappa shape index (κ2) is 4.65. The van der Waals surface area contributed by atoms with Crippen LogP contribution in [0.4, 0.5) is 11.9 Å². The summed E-state index contributed by atoms with van der Waals surface area (Å²) < 4.78 is 1.68. The van der Waals surface area contributed by atoms with Gasteiger partial charge >= 0.3 is 0 Å². The minimum Gasteiger partial charge on any atom is -0.366 e. The van der Waals surface area contributed by atoms with E-state index in [1.165, 1.54) is 0 Å². The number of nitrogen functional groups attached to an aromatic ring is 1. The van der Waals surface area contributed by atoms with Gasteiger partial charge in [0.2, 0.25) is 11.9 Å². The number of rotatable bonds is 1. The molecule has 7 heteroatoms. The molecule has 1 aliphatic heterocycles. The van der Waals surface area contributed by atoms with Gasteiger partial charge in [0.05, 0.1) is 0 Å². The molecule has 0 saturated heterocycles. The third-order valence-corrected chi connectivity index (χ3v) is 4.35. The molecule has 118 valence electrons. The predicted octanol–water partition coefficient (Wildman–Crippen LogP) is 1.91. The maximum Gasteiger partial charge on any atom is 0.241 e. The molecule has 7 nitrogen and oxygen atoms in total. The Morgan fingerprint density at radius 3 is 2.96 bits per heavy atom. The van der Waals surface area contributed by atoms with E-state index in [1.807, 2.05) is 12.1 Å². The lowest BCUT2D eigenvalue weighted by atomic mass is 9.73. The molecule has 0 radical (unpaired) electrons. The van der Waals surface area contributed by atoms with Gasteiger partial charge in [-0.2, -0.15) is 4.98 Å². The molecule has 2 aliphatic rings. The van der Waals surface area contributed by atoms with Crippen LogP contribution in [0.3, 0.4) is 0 Å². The van der Waals surface area contributed by atoms with Crippen molar-refractivity contribution < 1.29 is 4.79 Å². The third kappa shape index (κ3) is 2.19. The van der Waals surface area contributed by atoms with E-state index in [0.717, 1.165) is 23.3 Å². The van der Waals surface area contributed by atoms with Crippen molar-refractivity contribution >= 4 is 17.7 Å². The fraction of sp³-hybridized carbons (Fsp3) is 0.375. The van der Waals surface area contributed by atoms with Crippen LogP contribution in [-0.4, -0.2) is 25.5 Å². The topological polar surface area (TPSA) is 98.7 Å². The van der Waals surface area contributed by atoms with Crippen LogP contribution in [0.5, 0.6) is 0 Å². The average molecular weight is 310 g/mol. The molecule has 0 bridgehead atoms. The number of carbonyl (C=O) groups is 1. The minimum atomic E-state index is -0.330. The van der Waals surface area contributed by atoms with Gasteiger partial charge in [0.15, 0.2) is 5.78 Å². The number of hydrogen-bond acceptors (Lipinski definition) is 6. The predicted molar refractivity (Wildman–Crippen MR) is 85.5 cm³/mol. The summed E-state index contributed by atoms with van der Waals surface area (Å²) in [6.45, 7) is 4.20. The molecule has 0 saturated carbocycles. The number of fused-ring (bicyclic) bond motifs is 1. The lowest BCUT2D eigenvalue weighted by Crippen LogP contribution is -2.36. The highest BCUT2D eigenvalue weighted by atomic mass is 16.1. The van der Waals surface area contributed by atoms with Gasteiger partial charge in [-0.15, -0.1) is 5.10 Å². The maximum atomic E-state index is 12.8. The number of Topliss-reactive ketones (excluding diaryl/α,β-unsaturated/α-hetero) is 1. The molecule has 0 amide bonds. The lowest BCUT2D eigenvalue weighted by Gasteiger charge is -2.38. The summed E-state index contributed by atoms with van der Waals surface area (Å²) in [7, 11) is 0. The molecule has 1 aliphatic carbocycles. The van der Waals surface area contributed by atoms with E-state index >= 15 is 0 Å². The summed E-state index contributed by atoms with van der Waals surface area (Å²) in [5.74, 6) is 0.894. The summed E-state index contributed by atoms with van der Waals surface area (Å²) in [6, 6.07) is 3.47. The zero-order valence-corrected chi connectivity index (χ0v) is 13.1. The number of nitrogens with zero attached hydrogens (tertiary/aromatic N) is 4. The van der Waals surface area contributed by atoms with Crippen molar-refractivity contribution in [3.63, 3.8) is 0 Å². The summed E-state index contributed by atoms with van der Waals surface area (Å²) in [6.07, 6.45) is 4.78. The molecular formula is C16H18N6O. The van der Waals surface area contributed by atoms with Crippen molar-refractivity contribution in [2.75, 3.05) is 11.1 Å². The number of anilines is 2. The van der Waals surface area contributed by atoms with Gasteiger partial charge in [-0.25, -0.2) is 4.68 Å². The average Bonchev–Trinajstić information content (AvgIpc) is 2.84. The van der Waals surface area contributed by atoms with Crippen molar-refractivity contribution in [3.8, 4) is 0 Å². The van der Waals surface area contributed by atoms with Gasteiger partial charge < -0.3 is 11.1 Å². The first-order valence-electron chi connectivity index (χ1n) is 7.60. The van der Waals surface area contributed by atoms with E-state index in [2.05, 4.69) is 34.2 Å². The fourth-order valence-corrected chi connectivity index (χ4v) is 3.47. The smallest absolute Gasteiger partial charge is 0.241 e. The van der Waals surface area contributed by atoms with Crippen LogP contribution in [0.25, 0.3) is 0 Å². The number of pyridine rings is 1. The zero-order valence-electron chi connectivity index (χ0n) is 13.1. The van der Waals surface area contributed by atoms with E-state index in [1.54, 1.807) is 17.1 Å². The molecule has 0 unspecified atom stereocenters. The van der Waals surface area contributed by atoms with Crippen LogP contribution in [0.2, 0.25) is 0 Å². The lowest BCUT2D eigenvalue weighted by molar-refractivity contribution is -0.118. The highest BCUT2D eigenvalue weighted by Crippen LogP contribution is 2.45. The highest BCUT2D eigenvalue weighted by molar-refractivity contribution is 6.00. The summed E-state index contributed by atoms with van der Waals surface area (Å²) in [5, 5.41) is 7.53. The number of allylic oxidation sites excluding steroid dienone is 2. The molecule has 0 fully saturated rings. The van der Waals surface area contributed by atoms with Crippen LogP contribution in [-0.2, 0) is 4.79 Å². The Morgan fingerprint density at radius 1 is 1.39 bits per heavy atom. The van der Waals surface area contributed by atoms with Gasteiger partial charge in [0, 0.05) is 30.1 Å². The first-order chi connectivity index (χ1) is 10.9. The van der Waals surface area contributed by atoms with Crippen LogP contribution >= 0.6 is 0 Å². The van der Waals surface area contributed by atoms with E-state index < -0.39 is 0 Å². The third-order valence-electron chi connectivity index (χ3n) is 4.35. The SMILES string of the molecule is CC1(C)CC(=O)C2=C(C1)Nc1nc(N)nn1[C@H]2c1cccnc1. The second-order valence-corrected chi connectivity index (χ2v) is 6.89. The Balaban J connectivity index is 1.92. The van der Waals surface area contributed by atoms with Crippen molar-refractivity contribution in [3.05, 3.63) is 41.4 Å². The number of carbonyl (C=O) groups excluding carboxylic acids is 1. The molecule has 23 heavy (non-hydrogen) atoms. The molecule has 4 rings (SSSR count). The Morgan fingerprint density at radius 2 is 2.22 bits per heavy atom. The number of aromatic nitrogens is 4. The van der Waals surface area contributed by atoms with Crippen molar-refractivity contribution in [1.29, 1.82) is 0 Å². The first kappa shape index (κ1) is 13.9. The van der Waals surface area contributed by atoms with Crippen molar-refractivity contribution in [2.24, 2.45) is 5.41 Å². The van der Waals surface area contributed by atoms with Gasteiger partial charge in [-0.1, -0.05) is 19.9 Å². The van der Waals surface area contributed by atoms with Crippen molar-refractivity contribution in [1.82, 2.24) is 19.7 Å². The fourth-order valence-electron chi connectivity index (χ4n) is 3.47. The van der Waals surface area contributed by atoms with Gasteiger partial charge in [0.25, 0.3) is 0 Å². The van der Waals surface area contributed by atoms with Crippen LogP contribution in [0, 0.1) is 5.41 Å². The highest BCUT2D eigenvalue weighted by Gasteiger charge is 2.41. The second-order valence-electron chi connectivity index (χ2n) is 6.89. The van der Waals surface area contributed by atoms with Crippen LogP contribution < -0.4 is 11.1 Å². The maximum absolute atomic E-state index is 12.8. The van der Waals surface area contributed by atoms with E-state index in [-0.39, 0.29) is 23.2 Å². The van der Waals surface area contributed by atoms with Crippen molar-refractivity contribution in [2.45, 2.75) is 32.7 Å². The Kier molecular flexibility index (Phi) is 2.81. The van der Waals surface area contributed by atoms with E-state index in [9.17, 15) is 4.79 Å². The number of hydrogen-bond donors (Lipinski definition) is 2. The molecular weight excluding hydrogens is 292 g/mol. The Bertz CT molecular complexity index is 820.